The van der Waals surface area contributed by atoms with E-state index in [1.165, 1.54) is 19.2 Å². The molecule has 4 rings (SSSR count). The Morgan fingerprint density at radius 1 is 1.20 bits per heavy atom. The van der Waals surface area contributed by atoms with Gasteiger partial charge in [0.1, 0.15) is 53.2 Å². The predicted molar refractivity (Wildman–Crippen MR) is 128 cm³/mol. The van der Waals surface area contributed by atoms with Gasteiger partial charge in [0.2, 0.25) is 5.96 Å². The third-order valence-electron chi connectivity index (χ3n) is 5.25. The summed E-state index contributed by atoms with van der Waals surface area (Å²) >= 11 is 6.07. The van der Waals surface area contributed by atoms with Crippen molar-refractivity contribution in [1.82, 2.24) is 10.3 Å². The highest BCUT2D eigenvalue weighted by molar-refractivity contribution is 6.32. The third-order valence-corrected chi connectivity index (χ3v) is 5.55. The van der Waals surface area contributed by atoms with Gasteiger partial charge in [0.25, 0.3) is 0 Å². The van der Waals surface area contributed by atoms with Gasteiger partial charge in [0, 0.05) is 11.1 Å². The van der Waals surface area contributed by atoms with Gasteiger partial charge in [0.05, 0.1) is 17.8 Å². The molecule has 0 bridgehead atoms. The minimum Gasteiger partial charge on any atom is -0.496 e. The lowest BCUT2D eigenvalue weighted by molar-refractivity contribution is 0.296. The highest BCUT2D eigenvalue weighted by Crippen LogP contribution is 2.41. The van der Waals surface area contributed by atoms with Crippen molar-refractivity contribution >= 4 is 34.9 Å². The number of halogens is 2. The summed E-state index contributed by atoms with van der Waals surface area (Å²) < 4.78 is 24.6. The quantitative estimate of drug-likeness (QED) is 0.308. The fourth-order valence-electron chi connectivity index (χ4n) is 3.65. The van der Waals surface area contributed by atoms with Crippen molar-refractivity contribution in [3.05, 3.63) is 69.5 Å². The maximum atomic E-state index is 13.4. The number of fused-ring (bicyclic) bond motifs is 1. The van der Waals surface area contributed by atoms with E-state index < -0.39 is 11.9 Å². The van der Waals surface area contributed by atoms with E-state index in [4.69, 9.17) is 37.8 Å². The van der Waals surface area contributed by atoms with Crippen molar-refractivity contribution in [3.63, 3.8) is 0 Å². The Balaban J connectivity index is 1.77. The number of aromatic nitrogens is 1. The fourth-order valence-corrected chi connectivity index (χ4v) is 3.87. The third kappa shape index (κ3) is 4.53. The highest BCUT2D eigenvalue weighted by Gasteiger charge is 2.30. The zero-order valence-corrected chi connectivity index (χ0v) is 19.0. The van der Waals surface area contributed by atoms with Crippen molar-refractivity contribution in [2.24, 2.45) is 4.99 Å². The van der Waals surface area contributed by atoms with Crippen LogP contribution in [0.5, 0.6) is 11.5 Å². The van der Waals surface area contributed by atoms with Crippen LogP contribution in [0.4, 0.5) is 21.7 Å². The molecule has 0 radical (unpaired) electrons. The number of hydrogen-bond donors (Lipinski definition) is 4. The summed E-state index contributed by atoms with van der Waals surface area (Å²) in [5.74, 6) is 0.703. The molecule has 1 unspecified atom stereocenters. The molecule has 176 valence electrons. The number of nitrogens with one attached hydrogen (secondary N) is 2. The van der Waals surface area contributed by atoms with Gasteiger partial charge < -0.3 is 26.3 Å². The Bertz CT molecular complexity index is 1430. The van der Waals surface area contributed by atoms with Crippen LogP contribution in [0.1, 0.15) is 28.3 Å². The smallest absolute Gasteiger partial charge is 0.211 e. The second kappa shape index (κ2) is 9.63. The molecule has 0 spiro atoms. The van der Waals surface area contributed by atoms with Crippen molar-refractivity contribution < 1.29 is 13.9 Å². The lowest BCUT2D eigenvalue weighted by atomic mass is 9.94. The lowest BCUT2D eigenvalue weighted by Gasteiger charge is -2.26. The van der Waals surface area contributed by atoms with E-state index in [9.17, 15) is 9.65 Å². The standard InChI is InChI=1S/C23H18ClFN8O2/c1-34-16-4-2-11(6-12(16)9-35-17-5-3-13(25)7-15(17)24)20-18-19(28)14(8-26)21(29)32-22(18)33-23(31-20)30-10-27/h2-7,20H,9H2,1H3,(H6,28,29,30,31,32,33). The second-order valence-corrected chi connectivity index (χ2v) is 7.74. The fraction of sp³-hybridized carbons (Fsp3) is 0.130. The maximum absolute atomic E-state index is 13.4. The van der Waals surface area contributed by atoms with Crippen LogP contribution < -0.4 is 31.6 Å². The monoisotopic (exact) mass is 492 g/mol. The molecule has 0 saturated heterocycles. The van der Waals surface area contributed by atoms with Crippen LogP contribution in [0.2, 0.25) is 5.02 Å². The Labute approximate surface area is 204 Å². The van der Waals surface area contributed by atoms with Crippen LogP contribution in [0.15, 0.2) is 41.4 Å². The topological polar surface area (TPSA) is 167 Å². The Hall–Kier alpha value is -4.74. The van der Waals surface area contributed by atoms with Gasteiger partial charge in [0.15, 0.2) is 6.19 Å². The zero-order valence-electron chi connectivity index (χ0n) is 18.3. The zero-order chi connectivity index (χ0) is 25.1. The van der Waals surface area contributed by atoms with Crippen molar-refractivity contribution in [1.29, 1.82) is 10.5 Å². The molecule has 2 heterocycles. The first-order chi connectivity index (χ1) is 16.9. The number of nitrogens with zero attached hydrogens (tertiary/aromatic N) is 4. The second-order valence-electron chi connectivity index (χ2n) is 7.34. The number of ether oxygens (including phenoxy) is 2. The molecule has 0 saturated carbocycles. The summed E-state index contributed by atoms with van der Waals surface area (Å²) in [6, 6.07) is 10.3. The average molecular weight is 493 g/mol. The van der Waals surface area contributed by atoms with Gasteiger partial charge in [-0.1, -0.05) is 17.7 Å². The number of nitriles is 2. The van der Waals surface area contributed by atoms with E-state index in [1.807, 2.05) is 6.07 Å². The molecule has 3 aromatic rings. The molecule has 10 nitrogen and oxygen atoms in total. The Kier molecular flexibility index (Phi) is 6.44. The molecule has 35 heavy (non-hydrogen) atoms. The van der Waals surface area contributed by atoms with Crippen LogP contribution in [0.3, 0.4) is 0 Å². The minimum atomic E-state index is -0.735. The van der Waals surface area contributed by atoms with Crippen LogP contribution in [-0.2, 0) is 6.61 Å². The number of pyridine rings is 1. The molecule has 0 aliphatic carbocycles. The van der Waals surface area contributed by atoms with Crippen molar-refractivity contribution in [2.75, 3.05) is 23.9 Å². The van der Waals surface area contributed by atoms with Gasteiger partial charge in [-0.25, -0.2) is 14.4 Å². The maximum Gasteiger partial charge on any atom is 0.211 e. The molecular formula is C23H18ClFN8O2. The summed E-state index contributed by atoms with van der Waals surface area (Å²) in [5, 5.41) is 24.0. The Morgan fingerprint density at radius 3 is 2.66 bits per heavy atom. The van der Waals surface area contributed by atoms with Gasteiger partial charge in [-0.3, -0.25) is 5.32 Å². The van der Waals surface area contributed by atoms with E-state index in [-0.39, 0.29) is 40.5 Å². The van der Waals surface area contributed by atoms with E-state index in [0.29, 0.717) is 28.2 Å². The van der Waals surface area contributed by atoms with Crippen LogP contribution >= 0.6 is 11.6 Å². The number of hydrogen-bond acceptors (Lipinski definition) is 10. The SMILES string of the molecule is COc1ccc(C2N=C(NC#N)Nc3nc(N)c(C#N)c(N)c32)cc1COc1ccc(F)cc1Cl. The van der Waals surface area contributed by atoms with Crippen LogP contribution in [0, 0.1) is 28.6 Å². The molecule has 1 atom stereocenters. The minimum absolute atomic E-state index is 0.0328. The van der Waals surface area contributed by atoms with Gasteiger partial charge in [-0.15, -0.1) is 0 Å². The Morgan fingerprint density at radius 2 is 1.97 bits per heavy atom. The first kappa shape index (κ1) is 23.4. The molecule has 1 aliphatic rings. The lowest BCUT2D eigenvalue weighted by Crippen LogP contribution is -2.32. The average Bonchev–Trinajstić information content (AvgIpc) is 2.83. The molecule has 1 aromatic heterocycles. The summed E-state index contributed by atoms with van der Waals surface area (Å²) in [7, 11) is 1.51. The molecule has 1 aliphatic heterocycles. The summed E-state index contributed by atoms with van der Waals surface area (Å²) in [4.78, 5) is 8.79. The molecule has 0 fully saturated rings. The summed E-state index contributed by atoms with van der Waals surface area (Å²) in [6.45, 7) is 0.0477. The number of benzene rings is 2. The van der Waals surface area contributed by atoms with Crippen LogP contribution in [-0.4, -0.2) is 18.1 Å². The van der Waals surface area contributed by atoms with Crippen molar-refractivity contribution in [3.8, 4) is 23.8 Å². The molecular weight excluding hydrogens is 475 g/mol. The normalized spacial score (nSPS) is 14.0. The van der Waals surface area contributed by atoms with Gasteiger partial charge in [-0.05, 0) is 35.9 Å². The van der Waals surface area contributed by atoms with E-state index >= 15 is 0 Å². The number of nitrogens with two attached hydrogens (primary N) is 2. The number of anilines is 3. The van der Waals surface area contributed by atoms with E-state index in [2.05, 4.69) is 20.6 Å². The molecule has 2 aromatic carbocycles. The highest BCUT2D eigenvalue weighted by atomic mass is 35.5. The molecule has 0 amide bonds. The number of methoxy groups -OCH3 is 1. The molecule has 6 N–H and O–H groups in total. The van der Waals surface area contributed by atoms with Crippen LogP contribution in [0.25, 0.3) is 0 Å². The number of guanidine groups is 1. The van der Waals surface area contributed by atoms with Gasteiger partial charge >= 0.3 is 0 Å². The predicted octanol–water partition coefficient (Wildman–Crippen LogP) is 3.44. The first-order valence-corrected chi connectivity index (χ1v) is 10.5. The number of rotatable bonds is 5. The first-order valence-electron chi connectivity index (χ1n) is 10.1. The largest absolute Gasteiger partial charge is 0.496 e. The molecule has 12 heteroatoms. The van der Waals surface area contributed by atoms with Gasteiger partial charge in [-0.2, -0.15) is 10.5 Å². The summed E-state index contributed by atoms with van der Waals surface area (Å²) in [6.07, 6.45) is 1.80. The van der Waals surface area contributed by atoms with E-state index in [1.54, 1.807) is 24.4 Å². The van der Waals surface area contributed by atoms with Crippen molar-refractivity contribution in [2.45, 2.75) is 12.6 Å². The number of aliphatic imine (C=N–C) groups is 1. The summed E-state index contributed by atoms with van der Waals surface area (Å²) in [5.41, 5.74) is 14.1. The number of nitrogen functional groups attached to an aromatic ring is 2. The van der Waals surface area contributed by atoms with E-state index in [0.717, 1.165) is 6.07 Å².